The van der Waals surface area contributed by atoms with Crippen molar-refractivity contribution in [2.75, 3.05) is 27.2 Å². The molecule has 0 aliphatic heterocycles. The van der Waals surface area contributed by atoms with Crippen molar-refractivity contribution >= 4 is 15.9 Å². The molecule has 0 fully saturated rings. The average Bonchev–Trinajstić information content (AvgIpc) is 2.43. The number of amides is 1. The summed E-state index contributed by atoms with van der Waals surface area (Å²) in [6.07, 6.45) is 0.737. The molecule has 7 heteroatoms. The van der Waals surface area contributed by atoms with Gasteiger partial charge in [-0.1, -0.05) is 0 Å². The molecule has 22 heavy (non-hydrogen) atoms. The van der Waals surface area contributed by atoms with E-state index in [-0.39, 0.29) is 16.8 Å². The van der Waals surface area contributed by atoms with Gasteiger partial charge in [-0.25, -0.2) is 13.1 Å². The third-order valence-corrected chi connectivity index (χ3v) is 4.40. The third-order valence-electron chi connectivity index (χ3n) is 2.92. The zero-order chi connectivity index (χ0) is 16.8. The number of rotatable bonds is 8. The van der Waals surface area contributed by atoms with Gasteiger partial charge in [0.15, 0.2) is 0 Å². The molecule has 0 unspecified atom stereocenters. The minimum atomic E-state index is -3.52. The quantitative estimate of drug-likeness (QED) is 0.700. The summed E-state index contributed by atoms with van der Waals surface area (Å²) in [4.78, 5) is 14.0. The Balaban J connectivity index is 2.66. The number of hydrogen-bond donors (Lipinski definition) is 2. The van der Waals surface area contributed by atoms with Crippen molar-refractivity contribution in [2.24, 2.45) is 0 Å². The Morgan fingerprint density at radius 1 is 1.18 bits per heavy atom. The monoisotopic (exact) mass is 327 g/mol. The molecule has 1 amide bonds. The van der Waals surface area contributed by atoms with E-state index >= 15 is 0 Å². The molecule has 0 spiro atoms. The van der Waals surface area contributed by atoms with Crippen LogP contribution >= 0.6 is 0 Å². The predicted octanol–water partition coefficient (Wildman–Crippen LogP) is 1.05. The van der Waals surface area contributed by atoms with Gasteiger partial charge in [0.05, 0.1) is 4.90 Å². The van der Waals surface area contributed by atoms with E-state index in [0.717, 1.165) is 13.0 Å². The van der Waals surface area contributed by atoms with Crippen molar-refractivity contribution in [3.8, 4) is 0 Å². The Hall–Kier alpha value is -1.44. The lowest BCUT2D eigenvalue weighted by Crippen LogP contribution is -2.30. The maximum Gasteiger partial charge on any atom is 0.251 e. The van der Waals surface area contributed by atoms with Crippen LogP contribution in [-0.2, 0) is 10.0 Å². The van der Waals surface area contributed by atoms with Crippen molar-refractivity contribution in [2.45, 2.75) is 31.2 Å². The SMILES string of the molecule is CC(C)NC(=O)c1ccc(S(=O)(=O)NCCCN(C)C)cc1. The van der Waals surface area contributed by atoms with Gasteiger partial charge >= 0.3 is 0 Å². The lowest BCUT2D eigenvalue weighted by Gasteiger charge is -2.11. The molecule has 6 nitrogen and oxygen atoms in total. The summed E-state index contributed by atoms with van der Waals surface area (Å²) in [6, 6.07) is 5.97. The summed E-state index contributed by atoms with van der Waals surface area (Å²) < 4.78 is 26.8. The molecule has 0 aliphatic carbocycles. The smallest absolute Gasteiger partial charge is 0.251 e. The fraction of sp³-hybridized carbons (Fsp3) is 0.533. The molecule has 0 aliphatic rings. The number of nitrogens with one attached hydrogen (secondary N) is 2. The first-order valence-electron chi connectivity index (χ1n) is 7.27. The molecular formula is C15H25N3O3S. The summed E-state index contributed by atoms with van der Waals surface area (Å²) in [5, 5.41) is 2.76. The summed E-state index contributed by atoms with van der Waals surface area (Å²) in [6.45, 7) is 4.94. The molecule has 0 saturated heterocycles. The molecule has 0 aromatic heterocycles. The molecule has 2 N–H and O–H groups in total. The van der Waals surface area contributed by atoms with E-state index < -0.39 is 10.0 Å². The highest BCUT2D eigenvalue weighted by Crippen LogP contribution is 2.10. The fourth-order valence-corrected chi connectivity index (χ4v) is 2.89. The van der Waals surface area contributed by atoms with Gasteiger partial charge < -0.3 is 10.2 Å². The highest BCUT2D eigenvalue weighted by molar-refractivity contribution is 7.89. The van der Waals surface area contributed by atoms with Crippen molar-refractivity contribution in [1.82, 2.24) is 14.9 Å². The molecule has 1 aromatic carbocycles. The largest absolute Gasteiger partial charge is 0.350 e. The van der Waals surface area contributed by atoms with Gasteiger partial charge in [-0.05, 0) is 65.2 Å². The number of nitrogens with zero attached hydrogens (tertiary/aromatic N) is 1. The number of carbonyl (C=O) groups excluding carboxylic acids is 1. The lowest BCUT2D eigenvalue weighted by atomic mass is 10.2. The fourth-order valence-electron chi connectivity index (χ4n) is 1.82. The van der Waals surface area contributed by atoms with Crippen LogP contribution in [0.15, 0.2) is 29.2 Å². The average molecular weight is 327 g/mol. The van der Waals surface area contributed by atoms with E-state index in [1.165, 1.54) is 24.3 Å². The second-order valence-corrected chi connectivity index (χ2v) is 7.47. The lowest BCUT2D eigenvalue weighted by molar-refractivity contribution is 0.0943. The molecule has 1 aromatic rings. The summed E-state index contributed by atoms with van der Waals surface area (Å²) in [5.41, 5.74) is 0.445. The topological polar surface area (TPSA) is 78.5 Å². The van der Waals surface area contributed by atoms with Crippen molar-refractivity contribution in [3.05, 3.63) is 29.8 Å². The van der Waals surface area contributed by atoms with Crippen LogP contribution in [0.5, 0.6) is 0 Å². The number of carbonyl (C=O) groups is 1. The van der Waals surface area contributed by atoms with Crippen molar-refractivity contribution < 1.29 is 13.2 Å². The summed E-state index contributed by atoms with van der Waals surface area (Å²) in [7, 11) is 0.356. The van der Waals surface area contributed by atoms with E-state index in [1.54, 1.807) is 0 Å². The van der Waals surface area contributed by atoms with Gasteiger partial charge in [0.1, 0.15) is 0 Å². The standard InChI is InChI=1S/C15H25N3O3S/c1-12(2)17-15(19)13-6-8-14(9-7-13)22(20,21)16-10-5-11-18(3)4/h6-9,12,16H,5,10-11H2,1-4H3,(H,17,19). The van der Waals surface area contributed by atoms with E-state index in [0.29, 0.717) is 12.1 Å². The van der Waals surface area contributed by atoms with Crippen LogP contribution in [0.2, 0.25) is 0 Å². The van der Waals surface area contributed by atoms with Gasteiger partial charge in [-0.15, -0.1) is 0 Å². The van der Waals surface area contributed by atoms with Crippen LogP contribution in [0.25, 0.3) is 0 Å². The molecule has 124 valence electrons. The van der Waals surface area contributed by atoms with Crippen LogP contribution in [0.1, 0.15) is 30.6 Å². The molecule has 0 heterocycles. The second-order valence-electron chi connectivity index (χ2n) is 5.71. The maximum absolute atomic E-state index is 12.1. The Morgan fingerprint density at radius 3 is 2.27 bits per heavy atom. The number of hydrogen-bond acceptors (Lipinski definition) is 4. The van der Waals surface area contributed by atoms with Gasteiger partial charge in [0, 0.05) is 18.2 Å². The summed E-state index contributed by atoms with van der Waals surface area (Å²) in [5.74, 6) is -0.210. The van der Waals surface area contributed by atoms with Gasteiger partial charge in [-0.2, -0.15) is 0 Å². The van der Waals surface area contributed by atoms with E-state index in [2.05, 4.69) is 10.0 Å². The van der Waals surface area contributed by atoms with Gasteiger partial charge in [-0.3, -0.25) is 4.79 Å². The Labute approximate surface area is 132 Å². The van der Waals surface area contributed by atoms with Crippen LogP contribution in [0, 0.1) is 0 Å². The Kier molecular flexibility index (Phi) is 6.99. The molecule has 0 bridgehead atoms. The first kappa shape index (κ1) is 18.6. The highest BCUT2D eigenvalue weighted by Gasteiger charge is 2.14. The first-order valence-corrected chi connectivity index (χ1v) is 8.76. The van der Waals surface area contributed by atoms with E-state index in [1.807, 2.05) is 32.8 Å². The van der Waals surface area contributed by atoms with E-state index in [4.69, 9.17) is 0 Å². The maximum atomic E-state index is 12.1. The molecule has 0 atom stereocenters. The molecular weight excluding hydrogens is 302 g/mol. The molecule has 1 rings (SSSR count). The van der Waals surface area contributed by atoms with Gasteiger partial charge in [0.25, 0.3) is 5.91 Å². The van der Waals surface area contributed by atoms with Crippen LogP contribution < -0.4 is 10.0 Å². The first-order chi connectivity index (χ1) is 10.2. The zero-order valence-corrected chi connectivity index (χ0v) is 14.4. The minimum Gasteiger partial charge on any atom is -0.350 e. The molecule has 0 saturated carbocycles. The second kappa shape index (κ2) is 8.26. The predicted molar refractivity (Wildman–Crippen MR) is 87.4 cm³/mol. The van der Waals surface area contributed by atoms with Crippen LogP contribution in [0.3, 0.4) is 0 Å². The highest BCUT2D eigenvalue weighted by atomic mass is 32.2. The Morgan fingerprint density at radius 2 is 1.77 bits per heavy atom. The minimum absolute atomic E-state index is 0.0364. The van der Waals surface area contributed by atoms with Crippen LogP contribution in [-0.4, -0.2) is 52.5 Å². The summed E-state index contributed by atoms with van der Waals surface area (Å²) >= 11 is 0. The zero-order valence-electron chi connectivity index (χ0n) is 13.6. The number of sulfonamides is 1. The van der Waals surface area contributed by atoms with E-state index in [9.17, 15) is 13.2 Å². The third kappa shape index (κ3) is 6.13. The number of benzene rings is 1. The van der Waals surface area contributed by atoms with Crippen LogP contribution in [0.4, 0.5) is 0 Å². The van der Waals surface area contributed by atoms with Crippen molar-refractivity contribution in [1.29, 1.82) is 0 Å². The van der Waals surface area contributed by atoms with Crippen molar-refractivity contribution in [3.63, 3.8) is 0 Å². The van der Waals surface area contributed by atoms with Gasteiger partial charge in [0.2, 0.25) is 10.0 Å². The molecule has 0 radical (unpaired) electrons. The Bertz CT molecular complexity index is 581. The normalized spacial score (nSPS) is 11.9.